The Morgan fingerprint density at radius 3 is 2.48 bits per heavy atom. The number of hydrogen-bond acceptors (Lipinski definition) is 3. The quantitative estimate of drug-likeness (QED) is 0.636. The minimum absolute atomic E-state index is 0.151. The van der Waals surface area contributed by atoms with Crippen LogP contribution in [0.5, 0.6) is 11.5 Å². The summed E-state index contributed by atoms with van der Waals surface area (Å²) in [4.78, 5) is 11.3. The fourth-order valence-electron chi connectivity index (χ4n) is 3.28. The molecule has 21 heavy (non-hydrogen) atoms. The zero-order chi connectivity index (χ0) is 15.1. The lowest BCUT2D eigenvalue weighted by atomic mass is 9.88. The van der Waals surface area contributed by atoms with Gasteiger partial charge in [-0.3, -0.25) is 4.79 Å². The number of aldehydes is 1. The first-order valence-corrected chi connectivity index (χ1v) is 7.61. The summed E-state index contributed by atoms with van der Waals surface area (Å²) in [6.07, 6.45) is 2.25. The van der Waals surface area contributed by atoms with Gasteiger partial charge < -0.3 is 10.2 Å². The topological polar surface area (TPSA) is 57.5 Å². The van der Waals surface area contributed by atoms with Gasteiger partial charge in [0.25, 0.3) is 0 Å². The molecule has 108 valence electrons. The summed E-state index contributed by atoms with van der Waals surface area (Å²) in [5.41, 5.74) is 3.90. The lowest BCUT2D eigenvalue weighted by molar-refractivity contribution is 0.111. The number of rotatable bonds is 2. The number of carbonyl (C=O) groups excluding carboxylic acids is 1. The van der Waals surface area contributed by atoms with Gasteiger partial charge in [-0.05, 0) is 54.2 Å². The number of benzene rings is 2. The first-order chi connectivity index (χ1) is 10.0. The van der Waals surface area contributed by atoms with Crippen molar-refractivity contribution in [1.29, 1.82) is 0 Å². The van der Waals surface area contributed by atoms with E-state index in [1.165, 1.54) is 0 Å². The maximum atomic E-state index is 11.3. The van der Waals surface area contributed by atoms with Gasteiger partial charge in [-0.25, -0.2) is 0 Å². The van der Waals surface area contributed by atoms with E-state index in [0.29, 0.717) is 11.8 Å². The number of hydrogen-bond donors (Lipinski definition) is 2. The van der Waals surface area contributed by atoms with E-state index in [9.17, 15) is 15.0 Å². The average molecular weight is 347 g/mol. The monoisotopic (exact) mass is 346 g/mol. The number of phenols is 2. The van der Waals surface area contributed by atoms with Gasteiger partial charge in [-0.1, -0.05) is 28.1 Å². The van der Waals surface area contributed by atoms with Gasteiger partial charge >= 0.3 is 0 Å². The second kappa shape index (κ2) is 5.19. The summed E-state index contributed by atoms with van der Waals surface area (Å²) in [6.45, 7) is 1.79. The summed E-state index contributed by atoms with van der Waals surface area (Å²) in [5.74, 6) is -0.323. The van der Waals surface area contributed by atoms with Crippen LogP contribution in [0.2, 0.25) is 0 Å². The van der Waals surface area contributed by atoms with Crippen LogP contribution in [0.1, 0.15) is 45.0 Å². The average Bonchev–Trinajstić information content (AvgIpc) is 2.91. The molecule has 0 heterocycles. The Hall–Kier alpha value is -1.81. The van der Waals surface area contributed by atoms with E-state index >= 15 is 0 Å². The smallest absolute Gasteiger partial charge is 0.168 e. The van der Waals surface area contributed by atoms with Crippen LogP contribution < -0.4 is 0 Å². The molecule has 3 rings (SSSR count). The number of carbonyl (C=O) groups is 1. The molecular formula is C17H15BrO3. The molecule has 0 aromatic heterocycles. The highest BCUT2D eigenvalue weighted by Crippen LogP contribution is 2.48. The number of halogens is 1. The summed E-state index contributed by atoms with van der Waals surface area (Å²) < 4.78 is 1.02. The molecule has 1 aliphatic carbocycles. The molecular weight excluding hydrogens is 332 g/mol. The predicted molar refractivity (Wildman–Crippen MR) is 84.2 cm³/mol. The van der Waals surface area contributed by atoms with Crippen LogP contribution >= 0.6 is 15.9 Å². The molecule has 1 aliphatic rings. The number of phenolic OH excluding ortho intramolecular Hbond substituents is 2. The lowest BCUT2D eigenvalue weighted by Gasteiger charge is -2.17. The Morgan fingerprint density at radius 2 is 1.86 bits per heavy atom. The molecule has 0 radical (unpaired) electrons. The molecule has 2 aromatic carbocycles. The third-order valence-corrected chi connectivity index (χ3v) is 4.84. The van der Waals surface area contributed by atoms with Gasteiger partial charge in [0.15, 0.2) is 17.8 Å². The molecule has 4 heteroatoms. The molecule has 0 saturated heterocycles. The van der Waals surface area contributed by atoms with Crippen LogP contribution in [0, 0.1) is 6.92 Å². The van der Waals surface area contributed by atoms with Crippen LogP contribution in [-0.4, -0.2) is 16.5 Å². The predicted octanol–water partition coefficient (Wildman–Crippen LogP) is 4.06. The van der Waals surface area contributed by atoms with Crippen molar-refractivity contribution in [1.82, 2.24) is 0 Å². The summed E-state index contributed by atoms with van der Waals surface area (Å²) in [6, 6.07) is 8.08. The van der Waals surface area contributed by atoms with Crippen molar-refractivity contribution in [2.24, 2.45) is 0 Å². The second-order valence-electron chi connectivity index (χ2n) is 5.39. The molecule has 0 amide bonds. The van der Waals surface area contributed by atoms with Crippen LogP contribution in [-0.2, 0) is 6.42 Å². The first kappa shape index (κ1) is 14.1. The van der Waals surface area contributed by atoms with Crippen molar-refractivity contribution in [3.05, 3.63) is 56.6 Å². The van der Waals surface area contributed by atoms with Gasteiger partial charge in [-0.15, -0.1) is 0 Å². The molecule has 1 unspecified atom stereocenters. The molecule has 1 atom stereocenters. The van der Waals surface area contributed by atoms with Gasteiger partial charge in [0.1, 0.15) is 0 Å². The van der Waals surface area contributed by atoms with E-state index in [1.807, 2.05) is 24.3 Å². The summed E-state index contributed by atoms with van der Waals surface area (Å²) in [5, 5.41) is 20.0. The zero-order valence-corrected chi connectivity index (χ0v) is 13.1. The van der Waals surface area contributed by atoms with E-state index in [-0.39, 0.29) is 23.0 Å². The minimum Gasteiger partial charge on any atom is -0.504 e. The summed E-state index contributed by atoms with van der Waals surface area (Å²) in [7, 11) is 0. The van der Waals surface area contributed by atoms with Gasteiger partial charge in [-0.2, -0.15) is 0 Å². The highest BCUT2D eigenvalue weighted by molar-refractivity contribution is 9.10. The molecule has 0 aliphatic heterocycles. The minimum atomic E-state index is -0.294. The van der Waals surface area contributed by atoms with Crippen molar-refractivity contribution in [2.45, 2.75) is 25.7 Å². The van der Waals surface area contributed by atoms with Crippen molar-refractivity contribution < 1.29 is 15.0 Å². The van der Waals surface area contributed by atoms with E-state index in [2.05, 4.69) is 15.9 Å². The standard InChI is InChI=1S/C17H15BrO3/c1-9-15-12(10-2-4-11(18)5-3-10)6-7-13(15)14(8-19)17(21)16(9)20/h2-5,8,12,20-21H,6-7H2,1H3. The third kappa shape index (κ3) is 2.14. The van der Waals surface area contributed by atoms with Crippen molar-refractivity contribution in [3.8, 4) is 11.5 Å². The normalized spacial score (nSPS) is 16.8. The number of fused-ring (bicyclic) bond motifs is 1. The molecule has 3 nitrogen and oxygen atoms in total. The van der Waals surface area contributed by atoms with Crippen LogP contribution in [0.25, 0.3) is 0 Å². The lowest BCUT2D eigenvalue weighted by Crippen LogP contribution is -2.01. The Kier molecular flexibility index (Phi) is 3.49. The summed E-state index contributed by atoms with van der Waals surface area (Å²) >= 11 is 3.42. The Bertz CT molecular complexity index is 720. The van der Waals surface area contributed by atoms with Gasteiger partial charge in [0.2, 0.25) is 0 Å². The van der Waals surface area contributed by atoms with Gasteiger partial charge in [0.05, 0.1) is 5.56 Å². The van der Waals surface area contributed by atoms with Crippen molar-refractivity contribution >= 4 is 22.2 Å². The zero-order valence-electron chi connectivity index (χ0n) is 11.6. The fraction of sp³-hybridized carbons (Fsp3) is 0.235. The second-order valence-corrected chi connectivity index (χ2v) is 6.30. The molecule has 2 aromatic rings. The largest absolute Gasteiger partial charge is 0.504 e. The maximum Gasteiger partial charge on any atom is 0.168 e. The fourth-order valence-corrected chi connectivity index (χ4v) is 3.54. The molecule has 0 fully saturated rings. The van der Waals surface area contributed by atoms with Gasteiger partial charge in [0, 0.05) is 10.4 Å². The van der Waals surface area contributed by atoms with Crippen LogP contribution in [0.3, 0.4) is 0 Å². The van der Waals surface area contributed by atoms with Crippen molar-refractivity contribution in [3.63, 3.8) is 0 Å². The molecule has 2 N–H and O–H groups in total. The molecule has 0 bridgehead atoms. The highest BCUT2D eigenvalue weighted by Gasteiger charge is 2.31. The SMILES string of the molecule is Cc1c(O)c(O)c(C=O)c2c1C(c1ccc(Br)cc1)CC2. The third-order valence-electron chi connectivity index (χ3n) is 4.31. The number of aromatic hydroxyl groups is 2. The first-order valence-electron chi connectivity index (χ1n) is 6.82. The Morgan fingerprint density at radius 1 is 1.19 bits per heavy atom. The van der Waals surface area contributed by atoms with E-state index in [1.54, 1.807) is 6.92 Å². The maximum absolute atomic E-state index is 11.3. The van der Waals surface area contributed by atoms with Crippen LogP contribution in [0.4, 0.5) is 0 Å². The highest BCUT2D eigenvalue weighted by atomic mass is 79.9. The Labute approximate surface area is 131 Å². The molecule has 0 spiro atoms. The van der Waals surface area contributed by atoms with E-state index < -0.39 is 0 Å². The Balaban J connectivity index is 2.20. The van der Waals surface area contributed by atoms with E-state index in [0.717, 1.165) is 34.0 Å². The van der Waals surface area contributed by atoms with Crippen LogP contribution in [0.15, 0.2) is 28.7 Å². The molecule has 0 saturated carbocycles. The van der Waals surface area contributed by atoms with E-state index in [4.69, 9.17) is 0 Å². The van der Waals surface area contributed by atoms with Crippen molar-refractivity contribution in [2.75, 3.05) is 0 Å².